The van der Waals surface area contributed by atoms with Crippen molar-refractivity contribution in [2.24, 2.45) is 0 Å². The third-order valence-corrected chi connectivity index (χ3v) is 4.69. The van der Waals surface area contributed by atoms with Crippen molar-refractivity contribution in [3.63, 3.8) is 0 Å². The highest BCUT2D eigenvalue weighted by atomic mass is 35.5. The normalized spacial score (nSPS) is 14.8. The standard InChI is InChI=1S/C13H19ClN2O4S/c1-19-12-8-13(20-2)11(7-10(12)14)16-21(17,18)6-5-15-9-3-4-9/h7-9,15-16H,3-6H2,1-2H3. The first kappa shape index (κ1) is 16.2. The summed E-state index contributed by atoms with van der Waals surface area (Å²) in [6, 6.07) is 3.50. The van der Waals surface area contributed by atoms with Crippen LogP contribution in [0.5, 0.6) is 11.5 Å². The molecule has 0 spiro atoms. The van der Waals surface area contributed by atoms with Crippen molar-refractivity contribution in [3.05, 3.63) is 17.2 Å². The minimum absolute atomic E-state index is 0.00367. The summed E-state index contributed by atoms with van der Waals surface area (Å²) in [5, 5.41) is 3.47. The second-order valence-corrected chi connectivity index (χ2v) is 7.09. The quantitative estimate of drug-likeness (QED) is 0.758. The van der Waals surface area contributed by atoms with Gasteiger partial charge in [0.05, 0.1) is 30.7 Å². The Bertz CT molecular complexity index is 602. The van der Waals surface area contributed by atoms with Crippen LogP contribution in [0.3, 0.4) is 0 Å². The first-order valence-electron chi connectivity index (χ1n) is 6.60. The monoisotopic (exact) mass is 334 g/mol. The zero-order valence-electron chi connectivity index (χ0n) is 12.0. The molecule has 1 aromatic carbocycles. The number of methoxy groups -OCH3 is 2. The molecule has 0 aliphatic heterocycles. The zero-order chi connectivity index (χ0) is 15.5. The largest absolute Gasteiger partial charge is 0.495 e. The van der Waals surface area contributed by atoms with E-state index in [4.69, 9.17) is 21.1 Å². The Morgan fingerprint density at radius 3 is 2.48 bits per heavy atom. The fourth-order valence-electron chi connectivity index (χ4n) is 1.84. The van der Waals surface area contributed by atoms with Crippen LogP contribution >= 0.6 is 11.6 Å². The summed E-state index contributed by atoms with van der Waals surface area (Å²) in [7, 11) is -0.530. The predicted molar refractivity (Wildman–Crippen MR) is 83.0 cm³/mol. The maximum Gasteiger partial charge on any atom is 0.234 e. The Labute approximate surface area is 129 Å². The molecule has 2 rings (SSSR count). The lowest BCUT2D eigenvalue weighted by Gasteiger charge is -2.14. The van der Waals surface area contributed by atoms with Crippen LogP contribution in [0.4, 0.5) is 5.69 Å². The molecule has 0 unspecified atom stereocenters. The van der Waals surface area contributed by atoms with Crippen molar-refractivity contribution in [3.8, 4) is 11.5 Å². The van der Waals surface area contributed by atoms with E-state index in [9.17, 15) is 8.42 Å². The van der Waals surface area contributed by atoms with Gasteiger partial charge in [-0.2, -0.15) is 0 Å². The minimum atomic E-state index is -3.46. The average Bonchev–Trinajstić information content (AvgIpc) is 3.22. The molecule has 0 bridgehead atoms. The molecule has 1 aromatic rings. The van der Waals surface area contributed by atoms with E-state index in [1.54, 1.807) is 6.07 Å². The van der Waals surface area contributed by atoms with E-state index in [1.807, 2.05) is 0 Å². The predicted octanol–water partition coefficient (Wildman–Crippen LogP) is 1.85. The molecular formula is C13H19ClN2O4S. The fourth-order valence-corrected chi connectivity index (χ4v) is 3.07. The van der Waals surface area contributed by atoms with E-state index < -0.39 is 10.0 Å². The SMILES string of the molecule is COc1cc(OC)c(NS(=O)(=O)CCNC2CC2)cc1Cl. The lowest BCUT2D eigenvalue weighted by molar-refractivity contribution is 0.396. The highest BCUT2D eigenvalue weighted by molar-refractivity contribution is 7.92. The highest BCUT2D eigenvalue weighted by Gasteiger charge is 2.22. The summed E-state index contributed by atoms with van der Waals surface area (Å²) in [6.45, 7) is 0.423. The third-order valence-electron chi connectivity index (χ3n) is 3.12. The lowest BCUT2D eigenvalue weighted by atomic mass is 10.3. The maximum atomic E-state index is 12.1. The Morgan fingerprint density at radius 1 is 1.24 bits per heavy atom. The molecule has 0 heterocycles. The van der Waals surface area contributed by atoms with Gasteiger partial charge >= 0.3 is 0 Å². The number of benzene rings is 1. The number of hydrogen-bond donors (Lipinski definition) is 2. The third kappa shape index (κ3) is 4.66. The number of halogens is 1. The molecule has 0 saturated heterocycles. The van der Waals surface area contributed by atoms with Crippen LogP contribution in [0, 0.1) is 0 Å². The summed E-state index contributed by atoms with van der Waals surface area (Å²) >= 11 is 6.01. The van der Waals surface area contributed by atoms with Crippen molar-refractivity contribution in [2.45, 2.75) is 18.9 Å². The summed E-state index contributed by atoms with van der Waals surface area (Å²) in [5.41, 5.74) is 0.301. The van der Waals surface area contributed by atoms with Gasteiger partial charge in [-0.3, -0.25) is 4.72 Å². The van der Waals surface area contributed by atoms with Crippen LogP contribution in [-0.4, -0.2) is 41.0 Å². The van der Waals surface area contributed by atoms with Crippen LogP contribution in [0.1, 0.15) is 12.8 Å². The number of rotatable bonds is 8. The number of nitrogens with one attached hydrogen (secondary N) is 2. The molecule has 2 N–H and O–H groups in total. The molecule has 8 heteroatoms. The van der Waals surface area contributed by atoms with Crippen molar-refractivity contribution in [1.82, 2.24) is 5.32 Å². The summed E-state index contributed by atoms with van der Waals surface area (Å²) in [5.74, 6) is 0.776. The van der Waals surface area contributed by atoms with Crippen LogP contribution in [-0.2, 0) is 10.0 Å². The minimum Gasteiger partial charge on any atom is -0.495 e. The molecule has 1 fully saturated rings. The number of sulfonamides is 1. The van der Waals surface area contributed by atoms with Gasteiger partial charge in [0.1, 0.15) is 11.5 Å². The Hall–Kier alpha value is -1.18. The second kappa shape index (κ2) is 6.72. The molecular weight excluding hydrogens is 316 g/mol. The number of ether oxygens (including phenoxy) is 2. The molecule has 21 heavy (non-hydrogen) atoms. The van der Waals surface area contributed by atoms with E-state index in [-0.39, 0.29) is 5.75 Å². The first-order chi connectivity index (χ1) is 9.95. The summed E-state index contributed by atoms with van der Waals surface area (Å²) < 4.78 is 36.8. The Morgan fingerprint density at radius 2 is 1.90 bits per heavy atom. The number of anilines is 1. The van der Waals surface area contributed by atoms with Gasteiger partial charge in [0.2, 0.25) is 10.0 Å². The van der Waals surface area contributed by atoms with Gasteiger partial charge < -0.3 is 14.8 Å². The van der Waals surface area contributed by atoms with Crippen molar-refractivity contribution in [1.29, 1.82) is 0 Å². The Balaban J connectivity index is 2.07. The van der Waals surface area contributed by atoms with E-state index in [2.05, 4.69) is 10.0 Å². The molecule has 0 aromatic heterocycles. The summed E-state index contributed by atoms with van der Waals surface area (Å²) in [4.78, 5) is 0. The van der Waals surface area contributed by atoms with Gasteiger partial charge in [0, 0.05) is 18.7 Å². The molecule has 6 nitrogen and oxygen atoms in total. The highest BCUT2D eigenvalue weighted by Crippen LogP contribution is 2.36. The van der Waals surface area contributed by atoms with Crippen molar-refractivity contribution in [2.75, 3.05) is 31.2 Å². The van der Waals surface area contributed by atoms with E-state index in [0.29, 0.717) is 34.8 Å². The molecule has 0 amide bonds. The van der Waals surface area contributed by atoms with Gasteiger partial charge in [-0.1, -0.05) is 11.6 Å². The number of hydrogen-bond acceptors (Lipinski definition) is 5. The van der Waals surface area contributed by atoms with Crippen molar-refractivity contribution >= 4 is 27.3 Å². The van der Waals surface area contributed by atoms with Crippen LogP contribution < -0.4 is 19.5 Å². The fraction of sp³-hybridized carbons (Fsp3) is 0.538. The van der Waals surface area contributed by atoms with Gasteiger partial charge in [-0.25, -0.2) is 8.42 Å². The first-order valence-corrected chi connectivity index (χ1v) is 8.63. The Kier molecular flexibility index (Phi) is 5.18. The second-order valence-electron chi connectivity index (χ2n) is 4.84. The van der Waals surface area contributed by atoms with Crippen molar-refractivity contribution < 1.29 is 17.9 Å². The smallest absolute Gasteiger partial charge is 0.234 e. The molecule has 118 valence electrons. The average molecular weight is 335 g/mol. The van der Waals surface area contributed by atoms with Crippen LogP contribution in [0.2, 0.25) is 5.02 Å². The van der Waals surface area contributed by atoms with E-state index >= 15 is 0 Å². The van der Waals surface area contributed by atoms with Crippen LogP contribution in [0.25, 0.3) is 0 Å². The zero-order valence-corrected chi connectivity index (χ0v) is 13.6. The van der Waals surface area contributed by atoms with Gasteiger partial charge in [0.15, 0.2) is 0 Å². The lowest BCUT2D eigenvalue weighted by Crippen LogP contribution is -2.28. The molecule has 1 saturated carbocycles. The molecule has 1 aliphatic rings. The van der Waals surface area contributed by atoms with Crippen LogP contribution in [0.15, 0.2) is 12.1 Å². The molecule has 0 atom stereocenters. The maximum absolute atomic E-state index is 12.1. The van der Waals surface area contributed by atoms with E-state index in [1.165, 1.54) is 20.3 Å². The van der Waals surface area contributed by atoms with E-state index in [0.717, 1.165) is 12.8 Å². The molecule has 0 radical (unpaired) electrons. The van der Waals surface area contributed by atoms with Gasteiger partial charge in [0.25, 0.3) is 0 Å². The topological polar surface area (TPSA) is 76.7 Å². The molecule has 1 aliphatic carbocycles. The van der Waals surface area contributed by atoms with Gasteiger partial charge in [-0.15, -0.1) is 0 Å². The van der Waals surface area contributed by atoms with Gasteiger partial charge in [-0.05, 0) is 18.9 Å². The summed E-state index contributed by atoms with van der Waals surface area (Å²) in [6.07, 6.45) is 2.24.